The maximum Gasteiger partial charge on any atom is 0.277 e. The van der Waals surface area contributed by atoms with E-state index in [2.05, 4.69) is 6.92 Å². The minimum Gasteiger partial charge on any atom is -0.494 e. The number of hydrogen-bond acceptors (Lipinski definition) is 5. The van der Waals surface area contributed by atoms with Crippen molar-refractivity contribution in [2.75, 3.05) is 26.2 Å². The number of ether oxygens (including phenoxy) is 2. The van der Waals surface area contributed by atoms with Crippen LogP contribution in [-0.4, -0.2) is 60.1 Å². The highest BCUT2D eigenvalue weighted by Gasteiger charge is 2.43. The molecule has 1 fully saturated rings. The van der Waals surface area contributed by atoms with Crippen LogP contribution in [0.25, 0.3) is 5.57 Å². The predicted octanol–water partition coefficient (Wildman–Crippen LogP) is 3.32. The van der Waals surface area contributed by atoms with Gasteiger partial charge in [0.15, 0.2) is 0 Å². The van der Waals surface area contributed by atoms with Crippen molar-refractivity contribution in [3.8, 4) is 5.75 Å². The van der Waals surface area contributed by atoms with Crippen LogP contribution in [0.5, 0.6) is 5.75 Å². The lowest BCUT2D eigenvalue weighted by atomic mass is 10.0. The van der Waals surface area contributed by atoms with Crippen molar-refractivity contribution >= 4 is 17.4 Å². The molecule has 1 aromatic rings. The molecule has 0 radical (unpaired) electrons. The van der Waals surface area contributed by atoms with Crippen LogP contribution in [0, 0.1) is 5.92 Å². The van der Waals surface area contributed by atoms with Crippen molar-refractivity contribution in [2.24, 2.45) is 5.92 Å². The quantitative estimate of drug-likeness (QED) is 0.657. The summed E-state index contributed by atoms with van der Waals surface area (Å²) in [7, 11) is 0. The maximum atomic E-state index is 13.3. The molecule has 2 heterocycles. The van der Waals surface area contributed by atoms with E-state index in [1.165, 1.54) is 4.90 Å². The van der Waals surface area contributed by atoms with Crippen LogP contribution in [0.1, 0.15) is 46.6 Å². The van der Waals surface area contributed by atoms with Crippen molar-refractivity contribution in [3.05, 3.63) is 35.5 Å². The summed E-state index contributed by atoms with van der Waals surface area (Å²) >= 11 is 0. The topological polar surface area (TPSA) is 59.1 Å². The minimum absolute atomic E-state index is 0.000583. The van der Waals surface area contributed by atoms with E-state index >= 15 is 0 Å². The van der Waals surface area contributed by atoms with Gasteiger partial charge in [0.05, 0.1) is 24.4 Å². The zero-order chi connectivity index (χ0) is 21.1. The van der Waals surface area contributed by atoms with Crippen LogP contribution >= 0.6 is 0 Å². The molecular formula is C23H32N2O4. The van der Waals surface area contributed by atoms with Gasteiger partial charge < -0.3 is 14.4 Å². The fraction of sp³-hybridized carbons (Fsp3) is 0.565. The van der Waals surface area contributed by atoms with Gasteiger partial charge in [-0.25, -0.2) is 0 Å². The van der Waals surface area contributed by atoms with Gasteiger partial charge in [0.1, 0.15) is 11.4 Å². The van der Waals surface area contributed by atoms with Crippen molar-refractivity contribution in [1.29, 1.82) is 0 Å². The molecular weight excluding hydrogens is 368 g/mol. The third-order valence-electron chi connectivity index (χ3n) is 5.04. The summed E-state index contributed by atoms with van der Waals surface area (Å²) in [6.07, 6.45) is 0.931. The summed E-state index contributed by atoms with van der Waals surface area (Å²) in [5.41, 5.74) is 1.74. The van der Waals surface area contributed by atoms with Gasteiger partial charge in [-0.3, -0.25) is 14.5 Å². The smallest absolute Gasteiger partial charge is 0.277 e. The van der Waals surface area contributed by atoms with E-state index in [-0.39, 0.29) is 29.9 Å². The molecule has 2 aliphatic rings. The van der Waals surface area contributed by atoms with Gasteiger partial charge >= 0.3 is 0 Å². The number of rotatable bonds is 7. The van der Waals surface area contributed by atoms with Crippen LogP contribution in [0.3, 0.4) is 0 Å². The number of morpholine rings is 1. The molecule has 0 spiro atoms. The Kier molecular flexibility index (Phi) is 6.63. The molecule has 2 amide bonds. The summed E-state index contributed by atoms with van der Waals surface area (Å²) in [4.78, 5) is 30.0. The molecule has 0 aliphatic carbocycles. The molecule has 1 saturated heterocycles. The van der Waals surface area contributed by atoms with Crippen LogP contribution < -0.4 is 4.74 Å². The lowest BCUT2D eigenvalue weighted by Gasteiger charge is -2.37. The van der Waals surface area contributed by atoms with Gasteiger partial charge in [-0.2, -0.15) is 0 Å². The Hall–Kier alpha value is -2.34. The second-order valence-electron chi connectivity index (χ2n) is 8.37. The SMILES string of the molecule is CCCOc1ccc(C2=C(N3CC(C)OC(C)C3)C(=O)N(CC(C)C)C2=O)cc1. The Morgan fingerprint density at radius 3 is 2.24 bits per heavy atom. The highest BCUT2D eigenvalue weighted by Crippen LogP contribution is 2.34. The van der Waals surface area contributed by atoms with E-state index in [0.717, 1.165) is 17.7 Å². The Morgan fingerprint density at radius 1 is 1.07 bits per heavy atom. The summed E-state index contributed by atoms with van der Waals surface area (Å²) in [5, 5.41) is 0. The second-order valence-corrected chi connectivity index (χ2v) is 8.37. The number of nitrogens with zero attached hydrogens (tertiary/aromatic N) is 2. The third-order valence-corrected chi connectivity index (χ3v) is 5.04. The molecule has 6 nitrogen and oxygen atoms in total. The fourth-order valence-corrected chi connectivity index (χ4v) is 3.95. The molecule has 0 saturated carbocycles. The average molecular weight is 401 g/mol. The first-order valence-corrected chi connectivity index (χ1v) is 10.6. The third kappa shape index (κ3) is 4.64. The molecule has 2 unspecified atom stereocenters. The Balaban J connectivity index is 2.00. The standard InChI is InChI=1S/C23H32N2O4/c1-6-11-28-19-9-7-18(8-10-19)20-21(24-13-16(4)29-17(5)14-24)23(27)25(22(20)26)12-15(2)3/h7-10,15-17H,6,11-14H2,1-5H3. The first-order chi connectivity index (χ1) is 13.8. The van der Waals surface area contributed by atoms with E-state index in [1.807, 2.05) is 56.9 Å². The van der Waals surface area contributed by atoms with E-state index < -0.39 is 0 Å². The van der Waals surface area contributed by atoms with Gasteiger partial charge in [-0.15, -0.1) is 0 Å². The molecule has 3 rings (SSSR count). The van der Waals surface area contributed by atoms with Crippen molar-refractivity contribution in [3.63, 3.8) is 0 Å². The lowest BCUT2D eigenvalue weighted by Crippen LogP contribution is -2.47. The van der Waals surface area contributed by atoms with Gasteiger partial charge in [-0.1, -0.05) is 32.9 Å². The summed E-state index contributed by atoms with van der Waals surface area (Å²) < 4.78 is 11.5. The van der Waals surface area contributed by atoms with Crippen LogP contribution in [-0.2, 0) is 14.3 Å². The fourth-order valence-electron chi connectivity index (χ4n) is 3.95. The van der Waals surface area contributed by atoms with Crippen molar-refractivity contribution in [1.82, 2.24) is 9.80 Å². The molecule has 2 aliphatic heterocycles. The molecule has 158 valence electrons. The molecule has 0 bridgehead atoms. The molecule has 2 atom stereocenters. The molecule has 0 N–H and O–H groups in total. The van der Waals surface area contributed by atoms with Crippen molar-refractivity contribution in [2.45, 2.75) is 53.2 Å². The number of carbonyl (C=O) groups excluding carboxylic acids is 2. The molecule has 1 aromatic carbocycles. The molecule has 6 heteroatoms. The number of benzene rings is 1. The highest BCUT2D eigenvalue weighted by molar-refractivity contribution is 6.35. The van der Waals surface area contributed by atoms with Crippen LogP contribution in [0.15, 0.2) is 30.0 Å². The average Bonchev–Trinajstić information content (AvgIpc) is 2.90. The number of imide groups is 1. The van der Waals surface area contributed by atoms with Gasteiger partial charge in [-0.05, 0) is 43.9 Å². The summed E-state index contributed by atoms with van der Waals surface area (Å²) in [6, 6.07) is 7.47. The van der Waals surface area contributed by atoms with E-state index in [4.69, 9.17) is 9.47 Å². The minimum atomic E-state index is -0.215. The zero-order valence-electron chi connectivity index (χ0n) is 18.1. The van der Waals surface area contributed by atoms with Crippen LogP contribution in [0.4, 0.5) is 0 Å². The molecule has 29 heavy (non-hydrogen) atoms. The van der Waals surface area contributed by atoms with Crippen molar-refractivity contribution < 1.29 is 19.1 Å². The van der Waals surface area contributed by atoms with Gasteiger partial charge in [0, 0.05) is 19.6 Å². The lowest BCUT2D eigenvalue weighted by molar-refractivity contribution is -0.138. The van der Waals surface area contributed by atoms with E-state index in [9.17, 15) is 9.59 Å². The first-order valence-electron chi connectivity index (χ1n) is 10.6. The maximum absolute atomic E-state index is 13.3. The van der Waals surface area contributed by atoms with Crippen LogP contribution in [0.2, 0.25) is 0 Å². The van der Waals surface area contributed by atoms with Gasteiger partial charge in [0.2, 0.25) is 0 Å². The first kappa shape index (κ1) is 21.4. The number of carbonyl (C=O) groups is 2. The number of amides is 2. The van der Waals surface area contributed by atoms with E-state index in [0.29, 0.717) is 37.5 Å². The number of hydrogen-bond donors (Lipinski definition) is 0. The normalized spacial score (nSPS) is 22.8. The Labute approximate surface area is 173 Å². The largest absolute Gasteiger partial charge is 0.494 e. The predicted molar refractivity (Wildman–Crippen MR) is 112 cm³/mol. The molecule has 0 aromatic heterocycles. The van der Waals surface area contributed by atoms with E-state index in [1.54, 1.807) is 0 Å². The highest BCUT2D eigenvalue weighted by atomic mass is 16.5. The van der Waals surface area contributed by atoms with Gasteiger partial charge in [0.25, 0.3) is 11.8 Å². The Bertz CT molecular complexity index is 775. The summed E-state index contributed by atoms with van der Waals surface area (Å²) in [6.45, 7) is 12.3. The zero-order valence-corrected chi connectivity index (χ0v) is 18.1. The monoisotopic (exact) mass is 400 g/mol. The second kappa shape index (κ2) is 8.99. The summed E-state index contributed by atoms with van der Waals surface area (Å²) in [5.74, 6) is 0.553. The Morgan fingerprint density at radius 2 is 1.69 bits per heavy atom.